The molecular weight excluding hydrogens is 398 g/mol. The number of carbonyl (C=O) groups excluding carboxylic acids is 1. The SMILES string of the molecule is CCOc1ccc(/C=N/NC(=O)c2ccc3c(c2)CN(c2ccc(Cl)cc2)C3)cc1. The molecule has 3 aromatic rings. The second kappa shape index (κ2) is 9.01. The molecule has 1 amide bonds. The van der Waals surface area contributed by atoms with Crippen molar-refractivity contribution in [1.82, 2.24) is 5.43 Å². The number of benzene rings is 3. The van der Waals surface area contributed by atoms with Gasteiger partial charge in [-0.15, -0.1) is 0 Å². The van der Waals surface area contributed by atoms with Gasteiger partial charge in [-0.1, -0.05) is 17.7 Å². The van der Waals surface area contributed by atoms with E-state index >= 15 is 0 Å². The first kappa shape index (κ1) is 20.0. The highest BCUT2D eigenvalue weighted by atomic mass is 35.5. The Morgan fingerprint density at radius 3 is 2.53 bits per heavy atom. The van der Waals surface area contributed by atoms with Crippen molar-refractivity contribution < 1.29 is 9.53 Å². The zero-order chi connectivity index (χ0) is 20.9. The number of halogens is 1. The Morgan fingerprint density at radius 2 is 1.80 bits per heavy atom. The van der Waals surface area contributed by atoms with Gasteiger partial charge < -0.3 is 9.64 Å². The fraction of sp³-hybridized carbons (Fsp3) is 0.167. The molecule has 0 spiro atoms. The van der Waals surface area contributed by atoms with Gasteiger partial charge in [0, 0.05) is 29.4 Å². The first-order chi connectivity index (χ1) is 14.6. The molecule has 0 radical (unpaired) electrons. The van der Waals surface area contributed by atoms with E-state index in [0.717, 1.165) is 40.7 Å². The Hall–Kier alpha value is -3.31. The van der Waals surface area contributed by atoms with Crippen LogP contribution in [0.3, 0.4) is 0 Å². The summed E-state index contributed by atoms with van der Waals surface area (Å²) in [4.78, 5) is 14.7. The number of nitrogens with zero attached hydrogens (tertiary/aromatic N) is 2. The largest absolute Gasteiger partial charge is 0.494 e. The van der Waals surface area contributed by atoms with E-state index in [1.54, 1.807) is 6.21 Å². The van der Waals surface area contributed by atoms with Gasteiger partial charge in [0.25, 0.3) is 5.91 Å². The molecule has 30 heavy (non-hydrogen) atoms. The van der Waals surface area contributed by atoms with Crippen molar-refractivity contribution in [3.8, 4) is 5.75 Å². The number of nitrogens with one attached hydrogen (secondary N) is 1. The van der Waals surface area contributed by atoms with Crippen molar-refractivity contribution in [3.63, 3.8) is 0 Å². The Balaban J connectivity index is 1.38. The number of ether oxygens (including phenoxy) is 1. The molecule has 0 fully saturated rings. The molecule has 0 saturated carbocycles. The highest BCUT2D eigenvalue weighted by molar-refractivity contribution is 6.30. The van der Waals surface area contributed by atoms with E-state index in [4.69, 9.17) is 16.3 Å². The number of fused-ring (bicyclic) bond motifs is 1. The molecule has 1 aliphatic heterocycles. The lowest BCUT2D eigenvalue weighted by Crippen LogP contribution is -2.17. The third kappa shape index (κ3) is 4.63. The first-order valence-electron chi connectivity index (χ1n) is 9.81. The minimum absolute atomic E-state index is 0.232. The molecule has 1 aliphatic rings. The van der Waals surface area contributed by atoms with E-state index in [-0.39, 0.29) is 5.91 Å². The summed E-state index contributed by atoms with van der Waals surface area (Å²) in [6.45, 7) is 4.14. The summed E-state index contributed by atoms with van der Waals surface area (Å²) in [5.74, 6) is 0.578. The Labute approximate surface area is 180 Å². The van der Waals surface area contributed by atoms with Crippen molar-refractivity contribution in [2.24, 2.45) is 5.10 Å². The van der Waals surface area contributed by atoms with Crippen LogP contribution in [0, 0.1) is 0 Å². The van der Waals surface area contributed by atoms with Gasteiger partial charge in [-0.25, -0.2) is 5.43 Å². The van der Waals surface area contributed by atoms with Crippen LogP contribution in [0.4, 0.5) is 5.69 Å². The maximum absolute atomic E-state index is 12.5. The minimum Gasteiger partial charge on any atom is -0.494 e. The number of carbonyl (C=O) groups is 1. The van der Waals surface area contributed by atoms with Crippen molar-refractivity contribution >= 4 is 29.4 Å². The summed E-state index contributed by atoms with van der Waals surface area (Å²) in [7, 11) is 0. The standard InChI is InChI=1S/C24H22ClN3O2/c1-2-30-23-11-3-17(4-12-23)14-26-27-24(29)18-5-6-19-15-28(16-20(19)13-18)22-9-7-21(25)8-10-22/h3-14H,2,15-16H2,1H3,(H,27,29)/b26-14+. The summed E-state index contributed by atoms with van der Waals surface area (Å²) in [6, 6.07) is 21.1. The lowest BCUT2D eigenvalue weighted by Gasteiger charge is -2.17. The highest BCUT2D eigenvalue weighted by Crippen LogP contribution is 2.29. The molecule has 4 rings (SSSR count). The number of hydrazone groups is 1. The maximum atomic E-state index is 12.5. The molecule has 3 aromatic carbocycles. The van der Waals surface area contributed by atoms with Gasteiger partial charge in [0.15, 0.2) is 0 Å². The van der Waals surface area contributed by atoms with Gasteiger partial charge in [-0.05, 0) is 84.3 Å². The van der Waals surface area contributed by atoms with Crippen molar-refractivity contribution in [2.75, 3.05) is 11.5 Å². The Morgan fingerprint density at radius 1 is 1.07 bits per heavy atom. The number of rotatable bonds is 6. The summed E-state index contributed by atoms with van der Waals surface area (Å²) in [5, 5.41) is 4.79. The third-order valence-corrected chi connectivity index (χ3v) is 5.21. The average molecular weight is 420 g/mol. The molecule has 0 atom stereocenters. The predicted octanol–water partition coefficient (Wildman–Crippen LogP) is 5.02. The second-order valence-corrected chi connectivity index (χ2v) is 7.45. The van der Waals surface area contributed by atoms with Crippen LogP contribution < -0.4 is 15.1 Å². The van der Waals surface area contributed by atoms with Crippen LogP contribution in [-0.2, 0) is 13.1 Å². The van der Waals surface area contributed by atoms with E-state index < -0.39 is 0 Å². The molecule has 152 valence electrons. The molecule has 1 heterocycles. The molecular formula is C24H22ClN3O2. The molecule has 0 aromatic heterocycles. The fourth-order valence-corrected chi connectivity index (χ4v) is 3.54. The second-order valence-electron chi connectivity index (χ2n) is 7.02. The van der Waals surface area contributed by atoms with E-state index in [0.29, 0.717) is 12.2 Å². The van der Waals surface area contributed by atoms with Crippen LogP contribution in [0.15, 0.2) is 71.8 Å². The molecule has 6 heteroatoms. The lowest BCUT2D eigenvalue weighted by molar-refractivity contribution is 0.0955. The van der Waals surface area contributed by atoms with E-state index in [2.05, 4.69) is 15.4 Å². The molecule has 1 N–H and O–H groups in total. The number of hydrogen-bond acceptors (Lipinski definition) is 4. The molecule has 0 bridgehead atoms. The minimum atomic E-state index is -0.232. The number of anilines is 1. The van der Waals surface area contributed by atoms with Gasteiger partial charge in [0.05, 0.1) is 12.8 Å². The van der Waals surface area contributed by atoms with Gasteiger partial charge in [-0.3, -0.25) is 4.79 Å². The van der Waals surface area contributed by atoms with Crippen molar-refractivity contribution in [1.29, 1.82) is 0 Å². The molecule has 0 saturated heterocycles. The summed E-state index contributed by atoms with van der Waals surface area (Å²) < 4.78 is 5.42. The molecule has 0 unspecified atom stereocenters. The van der Waals surface area contributed by atoms with E-state index in [1.165, 1.54) is 5.56 Å². The zero-order valence-electron chi connectivity index (χ0n) is 16.6. The Bertz CT molecular complexity index is 1060. The van der Waals surface area contributed by atoms with Gasteiger partial charge in [0.2, 0.25) is 0 Å². The van der Waals surface area contributed by atoms with Gasteiger partial charge in [-0.2, -0.15) is 5.10 Å². The van der Waals surface area contributed by atoms with Crippen LogP contribution in [0.1, 0.15) is 34.0 Å². The zero-order valence-corrected chi connectivity index (χ0v) is 17.4. The fourth-order valence-electron chi connectivity index (χ4n) is 3.42. The summed E-state index contributed by atoms with van der Waals surface area (Å²) >= 11 is 5.98. The topological polar surface area (TPSA) is 53.9 Å². The van der Waals surface area contributed by atoms with Gasteiger partial charge >= 0.3 is 0 Å². The van der Waals surface area contributed by atoms with Crippen molar-refractivity contribution in [3.05, 3.63) is 94.0 Å². The highest BCUT2D eigenvalue weighted by Gasteiger charge is 2.20. The predicted molar refractivity (Wildman–Crippen MR) is 120 cm³/mol. The number of amides is 1. The monoisotopic (exact) mass is 419 g/mol. The first-order valence-corrected chi connectivity index (χ1v) is 10.2. The van der Waals surface area contributed by atoms with Crippen molar-refractivity contribution in [2.45, 2.75) is 20.0 Å². The van der Waals surface area contributed by atoms with Crippen LogP contribution in [-0.4, -0.2) is 18.7 Å². The summed E-state index contributed by atoms with van der Waals surface area (Å²) in [5.41, 5.74) is 7.55. The lowest BCUT2D eigenvalue weighted by atomic mass is 10.1. The Kier molecular flexibility index (Phi) is 6.00. The maximum Gasteiger partial charge on any atom is 0.271 e. The smallest absolute Gasteiger partial charge is 0.271 e. The quantitative estimate of drug-likeness (QED) is 0.450. The summed E-state index contributed by atoms with van der Waals surface area (Å²) in [6.07, 6.45) is 1.61. The third-order valence-electron chi connectivity index (χ3n) is 4.95. The van der Waals surface area contributed by atoms with Crippen LogP contribution >= 0.6 is 11.6 Å². The van der Waals surface area contributed by atoms with E-state index in [1.807, 2.05) is 73.7 Å². The van der Waals surface area contributed by atoms with Gasteiger partial charge in [0.1, 0.15) is 5.75 Å². The average Bonchev–Trinajstić information content (AvgIpc) is 3.19. The molecule has 5 nitrogen and oxygen atoms in total. The van der Waals surface area contributed by atoms with Crippen LogP contribution in [0.25, 0.3) is 0 Å². The number of hydrogen-bond donors (Lipinski definition) is 1. The van der Waals surface area contributed by atoms with Crippen LogP contribution in [0.5, 0.6) is 5.75 Å². The normalized spacial score (nSPS) is 12.8. The molecule has 0 aliphatic carbocycles. The van der Waals surface area contributed by atoms with Crippen LogP contribution in [0.2, 0.25) is 5.02 Å². The van der Waals surface area contributed by atoms with E-state index in [9.17, 15) is 4.79 Å².